The van der Waals surface area contributed by atoms with E-state index in [-0.39, 0.29) is 30.2 Å². The first-order valence-corrected chi connectivity index (χ1v) is 12.2. The number of carbonyl (C=O) groups excluding carboxylic acids is 2. The molecule has 0 radical (unpaired) electrons. The van der Waals surface area contributed by atoms with E-state index in [1.54, 1.807) is 18.2 Å². The largest absolute Gasteiger partial charge is 0.459 e. The van der Waals surface area contributed by atoms with Crippen LogP contribution in [0.3, 0.4) is 0 Å². The molecule has 1 aromatic heterocycles. The lowest BCUT2D eigenvalue weighted by molar-refractivity contribution is -0.118. The summed E-state index contributed by atoms with van der Waals surface area (Å²) >= 11 is 0. The number of carbonyl (C=O) groups is 2. The van der Waals surface area contributed by atoms with Crippen molar-refractivity contribution in [1.82, 2.24) is 9.62 Å². The van der Waals surface area contributed by atoms with Gasteiger partial charge in [0.05, 0.1) is 24.4 Å². The lowest BCUT2D eigenvalue weighted by Gasteiger charge is -2.26. The molecule has 3 aromatic rings. The third-order valence-electron chi connectivity index (χ3n) is 5.36. The van der Waals surface area contributed by atoms with Crippen LogP contribution in [0, 0.1) is 0 Å². The molecule has 2 N–H and O–H groups in total. The molecule has 1 aliphatic rings. The maximum Gasteiger partial charge on any atom is 0.287 e. The summed E-state index contributed by atoms with van der Waals surface area (Å²) in [7, 11) is -3.72. The van der Waals surface area contributed by atoms with Crippen molar-refractivity contribution in [2.45, 2.75) is 17.4 Å². The molecule has 4 rings (SSSR count). The van der Waals surface area contributed by atoms with Gasteiger partial charge in [-0.05, 0) is 35.9 Å². The molecule has 2 aromatic carbocycles. The number of sulfonamides is 1. The number of anilines is 1. The SMILES string of the molecule is O=C(N[C@H](Cc1ccccc1)C(=O)Nc1cccc(S(=O)(=O)N2CCOCC2)c1)c1ccco1. The van der Waals surface area contributed by atoms with Crippen LogP contribution in [-0.2, 0) is 26.0 Å². The minimum atomic E-state index is -3.72. The van der Waals surface area contributed by atoms with E-state index in [1.807, 2.05) is 30.3 Å². The Balaban J connectivity index is 1.52. The Bertz CT molecular complexity index is 1220. The van der Waals surface area contributed by atoms with E-state index in [4.69, 9.17) is 9.15 Å². The summed E-state index contributed by atoms with van der Waals surface area (Å²) in [6, 6.07) is 17.5. The number of hydrogen-bond acceptors (Lipinski definition) is 6. The first-order chi connectivity index (χ1) is 16.4. The minimum absolute atomic E-state index is 0.0754. The number of amides is 2. The first kappa shape index (κ1) is 23.7. The lowest BCUT2D eigenvalue weighted by Crippen LogP contribution is -2.45. The molecular formula is C24H25N3O6S. The van der Waals surface area contributed by atoms with Gasteiger partial charge in [-0.2, -0.15) is 4.31 Å². The van der Waals surface area contributed by atoms with Crippen LogP contribution < -0.4 is 10.6 Å². The number of ether oxygens (including phenoxy) is 1. The van der Waals surface area contributed by atoms with Crippen molar-refractivity contribution >= 4 is 27.5 Å². The second-order valence-electron chi connectivity index (χ2n) is 7.73. The molecule has 1 atom stereocenters. The third kappa shape index (κ3) is 5.71. The quantitative estimate of drug-likeness (QED) is 0.508. The van der Waals surface area contributed by atoms with Crippen LogP contribution in [0.4, 0.5) is 5.69 Å². The van der Waals surface area contributed by atoms with Crippen LogP contribution in [0.15, 0.2) is 82.3 Å². The number of nitrogens with one attached hydrogen (secondary N) is 2. The van der Waals surface area contributed by atoms with Crippen LogP contribution in [-0.4, -0.2) is 56.9 Å². The van der Waals surface area contributed by atoms with E-state index < -0.39 is 27.9 Å². The topological polar surface area (TPSA) is 118 Å². The highest BCUT2D eigenvalue weighted by atomic mass is 32.2. The number of furan rings is 1. The molecule has 0 saturated carbocycles. The second-order valence-corrected chi connectivity index (χ2v) is 9.66. The van der Waals surface area contributed by atoms with Gasteiger partial charge in [-0.3, -0.25) is 9.59 Å². The van der Waals surface area contributed by atoms with Crippen molar-refractivity contribution in [2.75, 3.05) is 31.6 Å². The molecular weight excluding hydrogens is 458 g/mol. The van der Waals surface area contributed by atoms with Crippen molar-refractivity contribution in [3.63, 3.8) is 0 Å². The molecule has 178 valence electrons. The highest BCUT2D eigenvalue weighted by Gasteiger charge is 2.27. The minimum Gasteiger partial charge on any atom is -0.459 e. The molecule has 0 spiro atoms. The van der Waals surface area contributed by atoms with Crippen molar-refractivity contribution < 1.29 is 27.2 Å². The summed E-state index contributed by atoms with van der Waals surface area (Å²) in [6.45, 7) is 1.23. The molecule has 1 aliphatic heterocycles. The van der Waals surface area contributed by atoms with Crippen LogP contribution >= 0.6 is 0 Å². The van der Waals surface area contributed by atoms with Crippen molar-refractivity contribution in [1.29, 1.82) is 0 Å². The van der Waals surface area contributed by atoms with Gasteiger partial charge in [0.1, 0.15) is 6.04 Å². The Morgan fingerprint density at radius 2 is 1.74 bits per heavy atom. The van der Waals surface area contributed by atoms with Crippen molar-refractivity contribution in [2.24, 2.45) is 0 Å². The number of benzene rings is 2. The average molecular weight is 484 g/mol. The van der Waals surface area contributed by atoms with E-state index in [1.165, 1.54) is 28.8 Å². The smallest absolute Gasteiger partial charge is 0.287 e. The zero-order chi connectivity index (χ0) is 24.0. The van der Waals surface area contributed by atoms with Crippen LogP contribution in [0.25, 0.3) is 0 Å². The van der Waals surface area contributed by atoms with E-state index in [2.05, 4.69) is 10.6 Å². The van der Waals surface area contributed by atoms with Crippen LogP contribution in [0.2, 0.25) is 0 Å². The van der Waals surface area contributed by atoms with Gasteiger partial charge in [0.15, 0.2) is 5.76 Å². The van der Waals surface area contributed by atoms with E-state index in [0.29, 0.717) is 18.9 Å². The van der Waals surface area contributed by atoms with Gasteiger partial charge in [0.25, 0.3) is 5.91 Å². The normalized spacial score (nSPS) is 15.4. The molecule has 10 heteroatoms. The fraction of sp³-hybridized carbons (Fsp3) is 0.250. The number of nitrogens with zero attached hydrogens (tertiary/aromatic N) is 1. The predicted octanol–water partition coefficient (Wildman–Crippen LogP) is 2.28. The Labute approximate surface area is 197 Å². The Morgan fingerprint density at radius 3 is 2.44 bits per heavy atom. The van der Waals surface area contributed by atoms with Crippen LogP contribution in [0.5, 0.6) is 0 Å². The van der Waals surface area contributed by atoms with E-state index in [0.717, 1.165) is 5.56 Å². The summed E-state index contributed by atoms with van der Waals surface area (Å²) in [4.78, 5) is 25.8. The molecule has 2 heterocycles. The summed E-state index contributed by atoms with van der Waals surface area (Å²) in [5.74, 6) is -0.918. The summed E-state index contributed by atoms with van der Waals surface area (Å²) < 4.78 is 37.7. The van der Waals surface area contributed by atoms with Crippen molar-refractivity contribution in [3.8, 4) is 0 Å². The fourth-order valence-electron chi connectivity index (χ4n) is 3.60. The zero-order valence-electron chi connectivity index (χ0n) is 18.3. The van der Waals surface area contributed by atoms with Crippen LogP contribution in [0.1, 0.15) is 16.1 Å². The Hall–Kier alpha value is -3.47. The summed E-state index contributed by atoms with van der Waals surface area (Å²) in [6.07, 6.45) is 1.62. The predicted molar refractivity (Wildman–Crippen MR) is 125 cm³/mol. The molecule has 0 bridgehead atoms. The highest BCUT2D eigenvalue weighted by Crippen LogP contribution is 2.21. The molecule has 2 amide bonds. The standard InChI is InChI=1S/C24H25N3O6S/c28-23(21(16-18-6-2-1-3-7-18)26-24(29)22-10-5-13-33-22)25-19-8-4-9-20(17-19)34(30,31)27-11-14-32-15-12-27/h1-10,13,17,21H,11-12,14-16H2,(H,25,28)(H,26,29)/t21-/m1/s1. The molecule has 1 fully saturated rings. The molecule has 0 aliphatic carbocycles. The van der Waals surface area contributed by atoms with Gasteiger partial charge in [0.2, 0.25) is 15.9 Å². The van der Waals surface area contributed by atoms with Gasteiger partial charge in [-0.1, -0.05) is 36.4 Å². The molecule has 0 unspecified atom stereocenters. The highest BCUT2D eigenvalue weighted by molar-refractivity contribution is 7.89. The van der Waals surface area contributed by atoms with E-state index in [9.17, 15) is 18.0 Å². The van der Waals surface area contributed by atoms with Gasteiger partial charge in [-0.25, -0.2) is 8.42 Å². The van der Waals surface area contributed by atoms with E-state index >= 15 is 0 Å². The maximum absolute atomic E-state index is 13.2. The molecule has 34 heavy (non-hydrogen) atoms. The lowest BCUT2D eigenvalue weighted by atomic mass is 10.0. The third-order valence-corrected chi connectivity index (χ3v) is 7.25. The zero-order valence-corrected chi connectivity index (χ0v) is 19.2. The first-order valence-electron chi connectivity index (χ1n) is 10.8. The molecule has 9 nitrogen and oxygen atoms in total. The van der Waals surface area contributed by atoms with Gasteiger partial charge < -0.3 is 19.8 Å². The average Bonchev–Trinajstić information content (AvgIpc) is 3.40. The van der Waals surface area contributed by atoms with Gasteiger partial charge >= 0.3 is 0 Å². The number of rotatable bonds is 8. The monoisotopic (exact) mass is 483 g/mol. The number of hydrogen-bond donors (Lipinski definition) is 2. The number of morpholine rings is 1. The van der Waals surface area contributed by atoms with Crippen molar-refractivity contribution in [3.05, 3.63) is 84.3 Å². The van der Waals surface area contributed by atoms with Gasteiger partial charge in [0, 0.05) is 25.2 Å². The summed E-state index contributed by atoms with van der Waals surface area (Å²) in [5, 5.41) is 5.44. The second kappa shape index (κ2) is 10.6. The van der Waals surface area contributed by atoms with Gasteiger partial charge in [-0.15, -0.1) is 0 Å². The molecule has 1 saturated heterocycles. The Morgan fingerprint density at radius 1 is 0.971 bits per heavy atom. The Kier molecular flexibility index (Phi) is 7.41. The summed E-state index contributed by atoms with van der Waals surface area (Å²) in [5.41, 5.74) is 1.16. The fourth-order valence-corrected chi connectivity index (χ4v) is 5.05. The maximum atomic E-state index is 13.2.